The number of ether oxygens (including phenoxy) is 3. The van der Waals surface area contributed by atoms with Gasteiger partial charge in [-0.15, -0.1) is 0 Å². The van der Waals surface area contributed by atoms with E-state index in [1.54, 1.807) is 43.9 Å². The zero-order valence-corrected chi connectivity index (χ0v) is 38.1. The number of amides is 3. The molecule has 6 rings (SSSR count). The summed E-state index contributed by atoms with van der Waals surface area (Å²) in [5.41, 5.74) is 1.41. The number of piperidine rings is 1. The van der Waals surface area contributed by atoms with E-state index in [-0.39, 0.29) is 43.6 Å². The molecule has 3 fully saturated rings. The number of halogens is 5. The van der Waals surface area contributed by atoms with Crippen LogP contribution in [0.2, 0.25) is 15.1 Å². The summed E-state index contributed by atoms with van der Waals surface area (Å²) in [5.74, 6) is 0.236. The van der Waals surface area contributed by atoms with Crippen molar-refractivity contribution in [3.05, 3.63) is 86.0 Å². The topological polar surface area (TPSA) is 105 Å². The molecule has 332 valence electrons. The standard InChI is InChI=1S/C45H56Cl3F2N5O6/c1-27-18-36(47)40(37(48)19-27)59-32-14-16-52(24-32)39-13-9-29(21-51-39)33-15-17-53(42(57)60-44(2,3)4)25-34(33)41(56)55(31-10-11-31)23-30-20-28(8-12-35(30)46)22-54(26-38(49)50)43(58)61-45(5,6)7/h8-9,12-13,18-21,31-34,38H,10-11,14-17,22-26H2,1-7H3/t32-,33?,34?/m1/s1. The van der Waals surface area contributed by atoms with Crippen LogP contribution in [0.4, 0.5) is 24.2 Å². The maximum Gasteiger partial charge on any atom is 0.410 e. The lowest BCUT2D eigenvalue weighted by atomic mass is 9.80. The largest absolute Gasteiger partial charge is 0.485 e. The first-order valence-electron chi connectivity index (χ1n) is 20.8. The van der Waals surface area contributed by atoms with Crippen molar-refractivity contribution in [3.63, 3.8) is 0 Å². The quantitative estimate of drug-likeness (QED) is 0.177. The second-order valence-corrected chi connectivity index (χ2v) is 19.5. The number of nitrogens with zero attached hydrogens (tertiary/aromatic N) is 5. The predicted molar refractivity (Wildman–Crippen MR) is 233 cm³/mol. The van der Waals surface area contributed by atoms with Crippen molar-refractivity contribution < 1.29 is 37.4 Å². The third-order valence-electron chi connectivity index (χ3n) is 10.8. The Labute approximate surface area is 372 Å². The van der Waals surface area contributed by atoms with Gasteiger partial charge in [0.05, 0.1) is 29.1 Å². The fraction of sp³-hybridized carbons (Fsp3) is 0.556. The summed E-state index contributed by atoms with van der Waals surface area (Å²) in [5, 5.41) is 1.34. The van der Waals surface area contributed by atoms with Gasteiger partial charge >= 0.3 is 12.2 Å². The van der Waals surface area contributed by atoms with Crippen LogP contribution in [0.1, 0.15) is 95.4 Å². The highest BCUT2D eigenvalue weighted by Gasteiger charge is 2.44. The number of aromatic nitrogens is 1. The lowest BCUT2D eigenvalue weighted by Crippen LogP contribution is -2.51. The minimum Gasteiger partial charge on any atom is -0.485 e. The normalized spacial score (nSPS) is 19.5. The average Bonchev–Trinajstić information content (AvgIpc) is 3.90. The van der Waals surface area contributed by atoms with E-state index in [0.717, 1.165) is 47.7 Å². The van der Waals surface area contributed by atoms with E-state index in [4.69, 9.17) is 54.0 Å². The highest BCUT2D eigenvalue weighted by Crippen LogP contribution is 2.40. The minimum atomic E-state index is -2.77. The van der Waals surface area contributed by atoms with Gasteiger partial charge in [0.2, 0.25) is 5.91 Å². The molecular weight excluding hydrogens is 851 g/mol. The van der Waals surface area contributed by atoms with Gasteiger partial charge in [-0.2, -0.15) is 0 Å². The summed E-state index contributed by atoms with van der Waals surface area (Å²) >= 11 is 19.7. The number of hydrogen-bond donors (Lipinski definition) is 0. The van der Waals surface area contributed by atoms with E-state index in [2.05, 4.69) is 4.90 Å². The molecule has 2 aromatic carbocycles. The van der Waals surface area contributed by atoms with E-state index >= 15 is 0 Å². The molecule has 3 aliphatic rings. The first-order valence-corrected chi connectivity index (χ1v) is 21.9. The van der Waals surface area contributed by atoms with E-state index in [0.29, 0.717) is 51.5 Å². The van der Waals surface area contributed by atoms with Crippen LogP contribution in [0.25, 0.3) is 0 Å². The second kappa shape index (κ2) is 19.1. The Morgan fingerprint density at radius 1 is 0.852 bits per heavy atom. The van der Waals surface area contributed by atoms with Gasteiger partial charge in [-0.25, -0.2) is 23.4 Å². The lowest BCUT2D eigenvalue weighted by Gasteiger charge is -2.40. The summed E-state index contributed by atoms with van der Waals surface area (Å²) in [6.07, 6.45) is 0.445. The van der Waals surface area contributed by atoms with Crippen molar-refractivity contribution in [1.82, 2.24) is 19.7 Å². The Balaban J connectivity index is 1.21. The fourth-order valence-corrected chi connectivity index (χ4v) is 8.69. The highest BCUT2D eigenvalue weighted by molar-refractivity contribution is 6.37. The Morgan fingerprint density at radius 2 is 1.54 bits per heavy atom. The molecule has 1 aliphatic carbocycles. The summed E-state index contributed by atoms with van der Waals surface area (Å²) < 4.78 is 44.6. The van der Waals surface area contributed by atoms with Crippen molar-refractivity contribution in [2.75, 3.05) is 37.6 Å². The van der Waals surface area contributed by atoms with Crippen molar-refractivity contribution in [3.8, 4) is 5.75 Å². The number of alkyl halides is 2. The Morgan fingerprint density at radius 3 is 2.15 bits per heavy atom. The number of anilines is 1. The molecule has 0 N–H and O–H groups in total. The third kappa shape index (κ3) is 12.5. The van der Waals surface area contributed by atoms with Gasteiger partial charge in [-0.3, -0.25) is 9.69 Å². The molecule has 2 unspecified atom stereocenters. The maximum atomic E-state index is 15.0. The molecule has 0 radical (unpaired) electrons. The SMILES string of the molecule is Cc1cc(Cl)c(O[C@@H]2CCN(c3ccc(C4CCN(C(=O)OC(C)(C)C)CC4C(=O)N(Cc4cc(CN(CC(F)F)C(=O)OC(C)(C)C)ccc4Cl)C4CC4)cn3)C2)c(Cl)c1. The van der Waals surface area contributed by atoms with Crippen molar-refractivity contribution in [2.45, 2.75) is 123 Å². The molecule has 1 aromatic heterocycles. The molecule has 0 bridgehead atoms. The van der Waals surface area contributed by atoms with Crippen molar-refractivity contribution in [2.24, 2.45) is 5.92 Å². The molecule has 0 spiro atoms. The van der Waals surface area contributed by atoms with E-state index in [1.165, 1.54) is 0 Å². The van der Waals surface area contributed by atoms with Crippen LogP contribution in [0, 0.1) is 12.8 Å². The molecule has 3 amide bonds. The molecule has 1 saturated carbocycles. The first kappa shape index (κ1) is 46.4. The average molecular weight is 907 g/mol. The monoisotopic (exact) mass is 905 g/mol. The van der Waals surface area contributed by atoms with Crippen molar-refractivity contribution >= 4 is 58.7 Å². The lowest BCUT2D eigenvalue weighted by molar-refractivity contribution is -0.139. The van der Waals surface area contributed by atoms with Crippen LogP contribution in [-0.4, -0.2) is 100 Å². The molecular formula is C45H56Cl3F2N5O6. The Bertz CT molecular complexity index is 2040. The van der Waals surface area contributed by atoms with Crippen molar-refractivity contribution in [1.29, 1.82) is 0 Å². The number of carbonyl (C=O) groups is 3. The van der Waals surface area contributed by atoms with Gasteiger partial charge < -0.3 is 28.9 Å². The van der Waals surface area contributed by atoms with Gasteiger partial charge in [0.25, 0.3) is 6.43 Å². The molecule has 16 heteroatoms. The zero-order valence-electron chi connectivity index (χ0n) is 35.9. The molecule has 3 heterocycles. The van der Waals surface area contributed by atoms with E-state index < -0.39 is 42.3 Å². The molecule has 11 nitrogen and oxygen atoms in total. The summed E-state index contributed by atoms with van der Waals surface area (Å²) in [4.78, 5) is 52.7. The zero-order chi connectivity index (χ0) is 44.4. The number of aryl methyl sites for hydroxylation is 1. The number of carbonyl (C=O) groups excluding carboxylic acids is 3. The van der Waals surface area contributed by atoms with Gasteiger partial charge in [-0.05, 0) is 114 Å². The van der Waals surface area contributed by atoms with Crippen LogP contribution in [0.15, 0.2) is 48.7 Å². The molecule has 61 heavy (non-hydrogen) atoms. The third-order valence-corrected chi connectivity index (χ3v) is 11.7. The molecule has 3 aromatic rings. The summed E-state index contributed by atoms with van der Waals surface area (Å²) in [7, 11) is 0. The van der Waals surface area contributed by atoms with Crippen LogP contribution in [0.5, 0.6) is 5.75 Å². The first-order chi connectivity index (χ1) is 28.6. The molecule has 2 aliphatic heterocycles. The van der Waals surface area contributed by atoms with E-state index in [1.807, 2.05) is 63.1 Å². The highest BCUT2D eigenvalue weighted by atomic mass is 35.5. The summed E-state index contributed by atoms with van der Waals surface area (Å²) in [6, 6.07) is 12.7. The fourth-order valence-electron chi connectivity index (χ4n) is 7.83. The maximum absolute atomic E-state index is 15.0. The molecule has 2 saturated heterocycles. The van der Waals surface area contributed by atoms with E-state index in [9.17, 15) is 23.2 Å². The van der Waals surface area contributed by atoms with Crippen LogP contribution in [0.3, 0.4) is 0 Å². The smallest absolute Gasteiger partial charge is 0.410 e. The van der Waals surface area contributed by atoms with Crippen LogP contribution < -0.4 is 9.64 Å². The Kier molecular flexibility index (Phi) is 14.6. The van der Waals surface area contributed by atoms with Gasteiger partial charge in [-0.1, -0.05) is 53.0 Å². The number of rotatable bonds is 12. The number of hydrogen-bond acceptors (Lipinski definition) is 8. The van der Waals surface area contributed by atoms with Crippen LogP contribution in [-0.2, 0) is 27.4 Å². The number of likely N-dealkylation sites (tertiary alicyclic amines) is 1. The molecule has 3 atom stereocenters. The summed E-state index contributed by atoms with van der Waals surface area (Å²) in [6.45, 7) is 13.4. The van der Waals surface area contributed by atoms with Gasteiger partial charge in [0.1, 0.15) is 23.1 Å². The number of pyridine rings is 1. The van der Waals surface area contributed by atoms with Crippen LogP contribution >= 0.6 is 34.8 Å². The Hall–Kier alpha value is -4.07. The van der Waals surface area contributed by atoms with Gasteiger partial charge in [0.15, 0.2) is 5.75 Å². The number of benzene rings is 2. The second-order valence-electron chi connectivity index (χ2n) is 18.3. The minimum absolute atomic E-state index is 0.0441. The van der Waals surface area contributed by atoms with Gasteiger partial charge in [0, 0.05) is 62.3 Å². The predicted octanol–water partition coefficient (Wildman–Crippen LogP) is 10.5.